The number of H-pyrrole nitrogens is 1. The molecule has 2 aromatic heterocycles. The van der Waals surface area contributed by atoms with Crippen LogP contribution < -0.4 is 10.6 Å². The van der Waals surface area contributed by atoms with Crippen molar-refractivity contribution in [2.24, 2.45) is 0 Å². The lowest BCUT2D eigenvalue weighted by atomic mass is 10.1. The number of anilines is 3. The minimum absolute atomic E-state index is 0.290. The molecular weight excluding hydrogens is 368 g/mol. The molecule has 8 heteroatoms. The van der Waals surface area contributed by atoms with Crippen LogP contribution in [0.4, 0.5) is 17.5 Å². The van der Waals surface area contributed by atoms with E-state index in [4.69, 9.17) is 4.74 Å². The van der Waals surface area contributed by atoms with Gasteiger partial charge in [-0.1, -0.05) is 30.3 Å². The highest BCUT2D eigenvalue weighted by molar-refractivity contribution is 5.96. The van der Waals surface area contributed by atoms with E-state index >= 15 is 0 Å². The van der Waals surface area contributed by atoms with Crippen LogP contribution in [-0.4, -0.2) is 39.8 Å². The first kappa shape index (κ1) is 18.4. The Hall–Kier alpha value is -3.94. The molecule has 0 spiro atoms. The van der Waals surface area contributed by atoms with Crippen LogP contribution in [0.2, 0.25) is 0 Å². The first-order valence-electron chi connectivity index (χ1n) is 9.17. The number of nitrogens with zero attached hydrogens (tertiary/aromatic N) is 3. The summed E-state index contributed by atoms with van der Waals surface area (Å²) < 4.78 is 4.81. The Morgan fingerprint density at radius 2 is 1.97 bits per heavy atom. The molecule has 4 aromatic rings. The molecule has 4 rings (SSSR count). The number of esters is 1. The van der Waals surface area contributed by atoms with Crippen molar-refractivity contribution in [3.8, 4) is 0 Å². The number of para-hydroxylation sites is 2. The third-order valence-corrected chi connectivity index (χ3v) is 4.51. The van der Waals surface area contributed by atoms with E-state index in [2.05, 4.69) is 42.9 Å². The zero-order valence-electron chi connectivity index (χ0n) is 15.8. The average molecular weight is 388 g/mol. The Morgan fingerprint density at radius 3 is 2.86 bits per heavy atom. The van der Waals surface area contributed by atoms with E-state index in [1.54, 1.807) is 24.4 Å². The van der Waals surface area contributed by atoms with E-state index in [-0.39, 0.29) is 0 Å². The smallest absolute Gasteiger partial charge is 0.339 e. The minimum Gasteiger partial charge on any atom is -0.465 e. The molecule has 0 saturated heterocycles. The van der Waals surface area contributed by atoms with Crippen LogP contribution in [0.1, 0.15) is 15.9 Å². The summed E-state index contributed by atoms with van der Waals surface area (Å²) in [5.74, 6) is 0.449. The molecule has 0 aliphatic rings. The molecule has 0 amide bonds. The number of rotatable bonds is 7. The van der Waals surface area contributed by atoms with Crippen LogP contribution in [-0.2, 0) is 11.2 Å². The molecule has 0 atom stereocenters. The van der Waals surface area contributed by atoms with Gasteiger partial charge in [0, 0.05) is 23.6 Å². The number of aromatic amines is 1. The molecule has 0 bridgehead atoms. The second-order valence-electron chi connectivity index (χ2n) is 6.36. The average Bonchev–Trinajstić information content (AvgIpc) is 3.17. The minimum atomic E-state index is -0.436. The molecule has 2 heterocycles. The Balaban J connectivity index is 1.42. The van der Waals surface area contributed by atoms with Crippen LogP contribution in [0.15, 0.2) is 60.9 Å². The maximum Gasteiger partial charge on any atom is 0.339 e. The second kappa shape index (κ2) is 8.39. The summed E-state index contributed by atoms with van der Waals surface area (Å²) >= 11 is 0. The summed E-state index contributed by atoms with van der Waals surface area (Å²) in [6.07, 6.45) is 4.43. The van der Waals surface area contributed by atoms with Gasteiger partial charge >= 0.3 is 5.97 Å². The Bertz CT molecular complexity index is 1140. The highest BCUT2D eigenvalue weighted by Gasteiger charge is 2.12. The van der Waals surface area contributed by atoms with Gasteiger partial charge < -0.3 is 20.4 Å². The number of methoxy groups -OCH3 is 1. The maximum atomic E-state index is 11.9. The standard InChI is InChI=1S/C21H20N6O2/c1-29-20(28)16-7-3-5-9-18(16)25-21-26-19(13-24-27-21)22-11-10-14-12-23-17-8-4-2-6-15(14)17/h2-9,12-13,23H,10-11H2,1H3,(H2,22,25,26,27). The van der Waals surface area contributed by atoms with E-state index in [0.717, 1.165) is 11.9 Å². The third-order valence-electron chi connectivity index (χ3n) is 4.51. The number of nitrogens with one attached hydrogen (secondary N) is 3. The van der Waals surface area contributed by atoms with Crippen LogP contribution in [0, 0.1) is 0 Å². The molecule has 0 aliphatic heterocycles. The molecule has 29 heavy (non-hydrogen) atoms. The Morgan fingerprint density at radius 1 is 1.14 bits per heavy atom. The lowest BCUT2D eigenvalue weighted by Gasteiger charge is -2.10. The van der Waals surface area contributed by atoms with Gasteiger partial charge in [-0.15, -0.1) is 5.10 Å². The predicted octanol–water partition coefficient (Wildman–Crippen LogP) is 3.54. The molecule has 8 nitrogen and oxygen atoms in total. The van der Waals surface area contributed by atoms with E-state index in [9.17, 15) is 4.79 Å². The summed E-state index contributed by atoms with van der Waals surface area (Å²) in [6.45, 7) is 0.693. The Labute approximate surface area is 167 Å². The van der Waals surface area contributed by atoms with Crippen molar-refractivity contribution in [1.29, 1.82) is 0 Å². The van der Waals surface area contributed by atoms with Gasteiger partial charge in [0.25, 0.3) is 0 Å². The van der Waals surface area contributed by atoms with Gasteiger partial charge in [-0.3, -0.25) is 0 Å². The van der Waals surface area contributed by atoms with E-state index in [0.29, 0.717) is 29.6 Å². The highest BCUT2D eigenvalue weighted by atomic mass is 16.5. The van der Waals surface area contributed by atoms with Gasteiger partial charge in [0.2, 0.25) is 5.95 Å². The monoisotopic (exact) mass is 388 g/mol. The SMILES string of the molecule is COC(=O)c1ccccc1Nc1nncc(NCCc2c[nH]c3ccccc23)n1. The van der Waals surface area contributed by atoms with E-state index in [1.807, 2.05) is 24.4 Å². The number of aromatic nitrogens is 4. The molecular formula is C21H20N6O2. The summed E-state index contributed by atoms with van der Waals surface area (Å²) in [6, 6.07) is 15.2. The first-order chi connectivity index (χ1) is 14.2. The number of carbonyl (C=O) groups is 1. The number of carbonyl (C=O) groups excluding carboxylic acids is 1. The number of fused-ring (bicyclic) bond motifs is 1. The lowest BCUT2D eigenvalue weighted by molar-refractivity contribution is 0.0602. The van der Waals surface area contributed by atoms with Crippen molar-refractivity contribution >= 4 is 34.3 Å². The second-order valence-corrected chi connectivity index (χ2v) is 6.36. The highest BCUT2D eigenvalue weighted by Crippen LogP contribution is 2.20. The van der Waals surface area contributed by atoms with E-state index < -0.39 is 5.97 Å². The van der Waals surface area contributed by atoms with Crippen molar-refractivity contribution < 1.29 is 9.53 Å². The topological polar surface area (TPSA) is 105 Å². The third kappa shape index (κ3) is 4.16. The number of ether oxygens (including phenoxy) is 1. The van der Waals surface area contributed by atoms with Gasteiger partial charge in [0.1, 0.15) is 0 Å². The van der Waals surface area contributed by atoms with Crippen molar-refractivity contribution in [3.63, 3.8) is 0 Å². The molecule has 146 valence electrons. The molecule has 2 aromatic carbocycles. The molecule has 0 aliphatic carbocycles. The van der Waals surface area contributed by atoms with Crippen LogP contribution in [0.25, 0.3) is 10.9 Å². The van der Waals surface area contributed by atoms with Gasteiger partial charge in [0.05, 0.1) is 24.6 Å². The summed E-state index contributed by atoms with van der Waals surface area (Å²) in [4.78, 5) is 19.6. The maximum absolute atomic E-state index is 11.9. The number of hydrogen-bond acceptors (Lipinski definition) is 7. The van der Waals surface area contributed by atoms with Crippen LogP contribution >= 0.6 is 0 Å². The molecule has 0 radical (unpaired) electrons. The number of hydrogen-bond donors (Lipinski definition) is 3. The predicted molar refractivity (Wildman–Crippen MR) is 111 cm³/mol. The largest absolute Gasteiger partial charge is 0.465 e. The summed E-state index contributed by atoms with van der Waals surface area (Å²) in [5.41, 5.74) is 3.32. The Kier molecular flexibility index (Phi) is 5.33. The summed E-state index contributed by atoms with van der Waals surface area (Å²) in [5, 5.41) is 15.5. The van der Waals surface area contributed by atoms with E-state index in [1.165, 1.54) is 18.1 Å². The fourth-order valence-electron chi connectivity index (χ4n) is 3.11. The van der Waals surface area contributed by atoms with Crippen molar-refractivity contribution in [2.75, 3.05) is 24.3 Å². The van der Waals surface area contributed by atoms with Crippen molar-refractivity contribution in [3.05, 3.63) is 72.1 Å². The van der Waals surface area contributed by atoms with Gasteiger partial charge in [0.15, 0.2) is 5.82 Å². The molecule has 0 unspecified atom stereocenters. The fourth-order valence-corrected chi connectivity index (χ4v) is 3.11. The number of benzene rings is 2. The first-order valence-corrected chi connectivity index (χ1v) is 9.17. The lowest BCUT2D eigenvalue weighted by Crippen LogP contribution is -2.10. The van der Waals surface area contributed by atoms with Gasteiger partial charge in [-0.25, -0.2) is 4.79 Å². The van der Waals surface area contributed by atoms with Crippen molar-refractivity contribution in [1.82, 2.24) is 20.2 Å². The zero-order chi connectivity index (χ0) is 20.1. The fraction of sp³-hybridized carbons (Fsp3) is 0.143. The molecule has 0 fully saturated rings. The zero-order valence-corrected chi connectivity index (χ0v) is 15.8. The van der Waals surface area contributed by atoms with Gasteiger partial charge in [-0.05, 0) is 30.2 Å². The van der Waals surface area contributed by atoms with Crippen LogP contribution in [0.5, 0.6) is 0 Å². The molecule has 0 saturated carbocycles. The quantitative estimate of drug-likeness (QED) is 0.416. The normalized spacial score (nSPS) is 10.7. The van der Waals surface area contributed by atoms with Gasteiger partial charge in [-0.2, -0.15) is 10.1 Å². The molecule has 3 N–H and O–H groups in total. The van der Waals surface area contributed by atoms with Crippen molar-refractivity contribution in [2.45, 2.75) is 6.42 Å². The van der Waals surface area contributed by atoms with Crippen LogP contribution in [0.3, 0.4) is 0 Å². The summed E-state index contributed by atoms with van der Waals surface area (Å²) in [7, 11) is 1.34.